The average Bonchev–Trinajstić information content (AvgIpc) is 3.66. The fraction of sp³-hybridized carbons (Fsp3) is 0.158. The lowest BCUT2D eigenvalue weighted by Crippen LogP contribution is -2.21. The van der Waals surface area contributed by atoms with Crippen LogP contribution in [0.2, 0.25) is 0 Å². The van der Waals surface area contributed by atoms with Crippen molar-refractivity contribution >= 4 is 39.5 Å². The summed E-state index contributed by atoms with van der Waals surface area (Å²) in [6, 6.07) is 34.1. The summed E-state index contributed by atoms with van der Waals surface area (Å²) in [6.07, 6.45) is 3.74. The number of nitrogens with one attached hydrogen (secondary N) is 2. The maximum absolute atomic E-state index is 13.5. The van der Waals surface area contributed by atoms with Gasteiger partial charge in [0.2, 0.25) is 0 Å². The number of benzene rings is 4. The molecule has 7 rings (SSSR count). The van der Waals surface area contributed by atoms with Crippen LogP contribution in [0.25, 0.3) is 38.8 Å². The lowest BCUT2D eigenvalue weighted by atomic mass is 9.92. The van der Waals surface area contributed by atoms with E-state index in [9.17, 15) is 4.79 Å². The van der Waals surface area contributed by atoms with Crippen LogP contribution in [0.3, 0.4) is 0 Å². The predicted octanol–water partition coefficient (Wildman–Crippen LogP) is 8.74. The molecule has 0 aliphatic carbocycles. The second-order valence-corrected chi connectivity index (χ2v) is 12.6. The number of anilines is 2. The molecular weight excluding hydrogens is 570 g/mol. The molecule has 0 radical (unpaired) electrons. The summed E-state index contributed by atoms with van der Waals surface area (Å²) in [4.78, 5) is 22.9. The Kier molecular flexibility index (Phi) is 7.33. The van der Waals surface area contributed by atoms with Crippen molar-refractivity contribution < 1.29 is 4.79 Å². The maximum Gasteiger partial charge on any atom is 0.324 e. The molecule has 0 atom stereocenters. The molecule has 0 unspecified atom stereocenters. The summed E-state index contributed by atoms with van der Waals surface area (Å²) >= 11 is 0. The molecule has 3 aromatic heterocycles. The molecule has 0 bridgehead atoms. The van der Waals surface area contributed by atoms with Gasteiger partial charge in [-0.25, -0.2) is 19.4 Å². The first-order valence-corrected chi connectivity index (χ1v) is 15.4. The van der Waals surface area contributed by atoms with E-state index in [1.807, 2.05) is 98.3 Å². The van der Waals surface area contributed by atoms with Crippen LogP contribution < -0.4 is 10.6 Å². The first-order chi connectivity index (χ1) is 22.2. The van der Waals surface area contributed by atoms with Crippen LogP contribution in [-0.2, 0) is 12.0 Å². The Labute approximate surface area is 267 Å². The molecule has 0 fully saturated rings. The van der Waals surface area contributed by atoms with Crippen molar-refractivity contribution in [2.24, 2.45) is 0 Å². The number of fused-ring (bicyclic) bond motifs is 2. The number of aryl methyl sites for hydroxylation is 1. The van der Waals surface area contributed by atoms with Crippen molar-refractivity contribution in [3.8, 4) is 16.8 Å². The van der Waals surface area contributed by atoms with E-state index in [1.165, 1.54) is 5.56 Å². The molecule has 0 saturated carbocycles. The van der Waals surface area contributed by atoms with Crippen LogP contribution in [0.4, 0.5) is 16.3 Å². The van der Waals surface area contributed by atoms with Gasteiger partial charge in [-0.2, -0.15) is 5.10 Å². The van der Waals surface area contributed by atoms with Crippen LogP contribution in [0, 0.1) is 6.92 Å². The zero-order valence-corrected chi connectivity index (χ0v) is 26.3. The van der Waals surface area contributed by atoms with Crippen LogP contribution in [0.15, 0.2) is 116 Å². The van der Waals surface area contributed by atoms with Crippen molar-refractivity contribution in [2.75, 3.05) is 10.6 Å². The summed E-state index contributed by atoms with van der Waals surface area (Å²) in [5, 5.41) is 12.9. The molecule has 3 heterocycles. The second-order valence-electron chi connectivity index (χ2n) is 12.6. The van der Waals surface area contributed by atoms with Gasteiger partial charge >= 0.3 is 6.03 Å². The molecule has 8 heteroatoms. The van der Waals surface area contributed by atoms with Crippen LogP contribution >= 0.6 is 0 Å². The quantitative estimate of drug-likeness (QED) is 0.198. The first-order valence-electron chi connectivity index (χ1n) is 15.4. The van der Waals surface area contributed by atoms with E-state index >= 15 is 0 Å². The highest BCUT2D eigenvalue weighted by molar-refractivity contribution is 6.10. The van der Waals surface area contributed by atoms with Gasteiger partial charge in [-0.15, -0.1) is 0 Å². The summed E-state index contributed by atoms with van der Waals surface area (Å²) in [7, 11) is 0. The summed E-state index contributed by atoms with van der Waals surface area (Å²) in [5.41, 5.74) is 8.27. The lowest BCUT2D eigenvalue weighted by molar-refractivity contribution is 0.262. The SMILES string of the molecule is Cc1ccc(-n2nc(C(C)(C)C)cc2NC(=O)Nc2ccc(-c3cnc4c(c3)ncn4Cc3ccccc3)c3ccccc23)cc1. The minimum Gasteiger partial charge on any atom is -0.311 e. The summed E-state index contributed by atoms with van der Waals surface area (Å²) in [6.45, 7) is 9.07. The van der Waals surface area contributed by atoms with E-state index in [-0.39, 0.29) is 11.4 Å². The predicted molar refractivity (Wildman–Crippen MR) is 186 cm³/mol. The standard InChI is InChI=1S/C38H35N7O/c1-25-14-16-28(17-15-25)45-35(21-34(43-45)38(2,3)4)42-37(46)41-32-19-18-29(30-12-8-9-13-31(30)32)27-20-33-36(39-22-27)44(24-40-33)23-26-10-6-5-7-11-26/h5-22,24H,23H2,1-4H3,(H2,41,42,46). The first kappa shape index (κ1) is 29.0. The number of pyridine rings is 1. The summed E-state index contributed by atoms with van der Waals surface area (Å²) < 4.78 is 3.85. The Bertz CT molecular complexity index is 2190. The van der Waals surface area contributed by atoms with Crippen LogP contribution in [-0.4, -0.2) is 30.3 Å². The van der Waals surface area contributed by atoms with Crippen molar-refractivity contribution in [3.05, 3.63) is 132 Å². The number of carbonyl (C=O) groups is 1. The minimum atomic E-state index is -0.348. The number of nitrogens with zero attached hydrogens (tertiary/aromatic N) is 5. The van der Waals surface area contributed by atoms with E-state index in [2.05, 4.69) is 65.2 Å². The molecule has 0 saturated heterocycles. The Morgan fingerprint density at radius 3 is 2.30 bits per heavy atom. The van der Waals surface area contributed by atoms with Gasteiger partial charge in [-0.1, -0.05) is 99.1 Å². The van der Waals surface area contributed by atoms with Gasteiger partial charge in [0.1, 0.15) is 11.3 Å². The lowest BCUT2D eigenvalue weighted by Gasteiger charge is -2.14. The van der Waals surface area contributed by atoms with Crippen molar-refractivity contribution in [2.45, 2.75) is 39.7 Å². The molecule has 0 aliphatic rings. The smallest absolute Gasteiger partial charge is 0.311 e. The van der Waals surface area contributed by atoms with E-state index in [0.29, 0.717) is 18.1 Å². The molecule has 2 amide bonds. The second kappa shape index (κ2) is 11.6. The zero-order chi connectivity index (χ0) is 31.8. The summed E-state index contributed by atoms with van der Waals surface area (Å²) in [5.74, 6) is 0.596. The third-order valence-corrected chi connectivity index (χ3v) is 8.13. The Hall–Kier alpha value is -5.76. The van der Waals surface area contributed by atoms with Gasteiger partial charge < -0.3 is 9.88 Å². The molecule has 7 aromatic rings. The molecule has 0 aliphatic heterocycles. The van der Waals surface area contributed by atoms with E-state index < -0.39 is 0 Å². The molecule has 4 aromatic carbocycles. The normalized spacial score (nSPS) is 11.7. The third kappa shape index (κ3) is 5.73. The van der Waals surface area contributed by atoms with E-state index in [4.69, 9.17) is 10.1 Å². The van der Waals surface area contributed by atoms with Crippen LogP contribution in [0.5, 0.6) is 0 Å². The van der Waals surface area contributed by atoms with Crippen molar-refractivity contribution in [1.29, 1.82) is 0 Å². The van der Waals surface area contributed by atoms with Gasteiger partial charge in [0.15, 0.2) is 5.65 Å². The highest BCUT2D eigenvalue weighted by Gasteiger charge is 2.22. The minimum absolute atomic E-state index is 0.188. The number of hydrogen-bond donors (Lipinski definition) is 2. The van der Waals surface area contributed by atoms with Crippen LogP contribution in [0.1, 0.15) is 37.6 Å². The molecular formula is C38H35N7O. The highest BCUT2D eigenvalue weighted by atomic mass is 16.2. The third-order valence-electron chi connectivity index (χ3n) is 8.13. The molecule has 228 valence electrons. The van der Waals surface area contributed by atoms with E-state index in [0.717, 1.165) is 50.0 Å². The fourth-order valence-electron chi connectivity index (χ4n) is 5.64. The Morgan fingerprint density at radius 2 is 1.54 bits per heavy atom. The monoisotopic (exact) mass is 605 g/mol. The average molecular weight is 606 g/mol. The van der Waals surface area contributed by atoms with Gasteiger partial charge in [-0.3, -0.25) is 5.32 Å². The Morgan fingerprint density at radius 1 is 0.804 bits per heavy atom. The van der Waals surface area contributed by atoms with E-state index in [1.54, 1.807) is 4.68 Å². The number of hydrogen-bond acceptors (Lipinski definition) is 4. The molecule has 46 heavy (non-hydrogen) atoms. The van der Waals surface area contributed by atoms with Crippen molar-refractivity contribution in [3.63, 3.8) is 0 Å². The molecule has 2 N–H and O–H groups in total. The number of aromatic nitrogens is 5. The number of amides is 2. The highest BCUT2D eigenvalue weighted by Crippen LogP contribution is 2.34. The van der Waals surface area contributed by atoms with Gasteiger partial charge in [0.05, 0.1) is 29.9 Å². The maximum atomic E-state index is 13.5. The molecule has 8 nitrogen and oxygen atoms in total. The number of urea groups is 1. The zero-order valence-electron chi connectivity index (χ0n) is 26.3. The molecule has 0 spiro atoms. The Balaban J connectivity index is 1.17. The van der Waals surface area contributed by atoms with Gasteiger partial charge in [0, 0.05) is 28.6 Å². The number of carbonyl (C=O) groups excluding carboxylic acids is 1. The number of imidazole rings is 1. The van der Waals surface area contributed by atoms with Gasteiger partial charge in [0.25, 0.3) is 0 Å². The fourth-order valence-corrected chi connectivity index (χ4v) is 5.64. The van der Waals surface area contributed by atoms with Gasteiger partial charge in [-0.05, 0) is 47.7 Å². The topological polar surface area (TPSA) is 89.7 Å². The largest absolute Gasteiger partial charge is 0.324 e. The van der Waals surface area contributed by atoms with Crippen molar-refractivity contribution in [1.82, 2.24) is 24.3 Å². The number of rotatable bonds is 6.